The summed E-state index contributed by atoms with van der Waals surface area (Å²) >= 11 is -2.51. The van der Waals surface area contributed by atoms with Crippen molar-refractivity contribution in [2.24, 2.45) is 0 Å². The van der Waals surface area contributed by atoms with Gasteiger partial charge < -0.3 is 14.8 Å². The zero-order valence-corrected chi connectivity index (χ0v) is 8.90. The van der Waals surface area contributed by atoms with E-state index in [1.165, 1.54) is 0 Å². The van der Waals surface area contributed by atoms with Crippen LogP contribution in [0.25, 0.3) is 0 Å². The smallest absolute Gasteiger partial charge is 0.0842 e. The fourth-order valence-corrected chi connectivity index (χ4v) is 1.38. The van der Waals surface area contributed by atoms with E-state index >= 15 is 0 Å². The van der Waals surface area contributed by atoms with Crippen LogP contribution in [0.4, 0.5) is 0 Å². The van der Waals surface area contributed by atoms with Crippen LogP contribution >= 0.6 is 0 Å². The molecule has 0 aliphatic carbocycles. The molecule has 2 N–H and O–H groups in total. The highest BCUT2D eigenvalue weighted by atomic mass is 32.2. The van der Waals surface area contributed by atoms with E-state index in [9.17, 15) is 8.76 Å². The number of aliphatic hydroxyl groups excluding tert-OH is 2. The van der Waals surface area contributed by atoms with Crippen molar-refractivity contribution in [3.63, 3.8) is 0 Å². The Hall–Kier alpha value is -0.0500. The molecule has 0 radical (unpaired) electrons. The maximum Gasteiger partial charge on any atom is 0.0842 e. The monoisotopic (exact) mass is 226 g/mol. The predicted octanol–water partition coefficient (Wildman–Crippen LogP) is -1.53. The molecule has 7 heteroatoms. The molecule has 0 aromatic heterocycles. The van der Waals surface area contributed by atoms with Crippen molar-refractivity contribution in [2.75, 3.05) is 32.9 Å². The van der Waals surface area contributed by atoms with E-state index in [4.69, 9.17) is 10.2 Å². The summed E-state index contributed by atoms with van der Waals surface area (Å²) in [6, 6.07) is -0.160. The molecule has 2 unspecified atom stereocenters. The minimum Gasteiger partial charge on any atom is -0.750 e. The lowest BCUT2D eigenvalue weighted by atomic mass is 10.3. The second kappa shape index (κ2) is 8.27. The predicted molar refractivity (Wildman–Crippen MR) is 50.1 cm³/mol. The van der Waals surface area contributed by atoms with E-state index in [1.807, 2.05) is 0 Å². The van der Waals surface area contributed by atoms with E-state index < -0.39 is 11.4 Å². The van der Waals surface area contributed by atoms with Crippen molar-refractivity contribution < 1.29 is 23.2 Å². The molecule has 0 amide bonds. The van der Waals surface area contributed by atoms with Gasteiger partial charge in [-0.05, 0) is 6.92 Å². The standard InChI is InChI=1S/C7H17NO5S/c1-7(6-13-14(11)12)8(2-4-9)3-5-10/h7,9-10H,2-6H2,1H3,(H,11,12)/p-1. The molecule has 0 aliphatic rings. The molecule has 0 aromatic carbocycles. The number of hydrogen-bond acceptors (Lipinski definition) is 6. The normalized spacial score (nSPS) is 15.8. The van der Waals surface area contributed by atoms with E-state index in [-0.39, 0.29) is 25.9 Å². The maximum absolute atomic E-state index is 10.1. The van der Waals surface area contributed by atoms with Gasteiger partial charge in [0.15, 0.2) is 0 Å². The molecule has 14 heavy (non-hydrogen) atoms. The molecule has 0 fully saturated rings. The molecule has 6 nitrogen and oxygen atoms in total. The summed E-state index contributed by atoms with van der Waals surface area (Å²) in [6.07, 6.45) is 0. The molecular formula is C7H16NO5S-. The first-order chi connectivity index (χ1) is 6.61. The van der Waals surface area contributed by atoms with Crippen LogP contribution in [0, 0.1) is 0 Å². The van der Waals surface area contributed by atoms with Crippen LogP contribution in [-0.4, -0.2) is 62.8 Å². The van der Waals surface area contributed by atoms with E-state index in [0.29, 0.717) is 13.1 Å². The minimum atomic E-state index is -2.51. The van der Waals surface area contributed by atoms with Gasteiger partial charge in [0.1, 0.15) is 0 Å². The average Bonchev–Trinajstić information content (AvgIpc) is 2.14. The highest BCUT2D eigenvalue weighted by molar-refractivity contribution is 7.74. The summed E-state index contributed by atoms with van der Waals surface area (Å²) in [7, 11) is 0. The fraction of sp³-hybridized carbons (Fsp3) is 1.00. The van der Waals surface area contributed by atoms with Gasteiger partial charge >= 0.3 is 0 Å². The second-order valence-corrected chi connectivity index (χ2v) is 3.46. The van der Waals surface area contributed by atoms with Crippen molar-refractivity contribution >= 4 is 11.4 Å². The second-order valence-electron chi connectivity index (χ2n) is 2.82. The lowest BCUT2D eigenvalue weighted by Crippen LogP contribution is -2.40. The van der Waals surface area contributed by atoms with Crippen LogP contribution in [-0.2, 0) is 15.5 Å². The molecule has 0 aromatic rings. The van der Waals surface area contributed by atoms with Gasteiger partial charge in [0.25, 0.3) is 0 Å². The van der Waals surface area contributed by atoms with Crippen molar-refractivity contribution in [1.82, 2.24) is 4.90 Å². The quantitative estimate of drug-likeness (QED) is 0.488. The van der Waals surface area contributed by atoms with E-state index in [1.54, 1.807) is 11.8 Å². The fourth-order valence-electron chi connectivity index (χ4n) is 1.07. The van der Waals surface area contributed by atoms with E-state index in [0.717, 1.165) is 0 Å². The summed E-state index contributed by atoms with van der Waals surface area (Å²) in [4.78, 5) is 1.74. The Morgan fingerprint density at radius 2 is 1.93 bits per heavy atom. The van der Waals surface area contributed by atoms with Crippen LogP contribution < -0.4 is 0 Å². The summed E-state index contributed by atoms with van der Waals surface area (Å²) in [6.45, 7) is 2.48. The Kier molecular flexibility index (Phi) is 8.24. The van der Waals surface area contributed by atoms with E-state index in [2.05, 4.69) is 4.18 Å². The van der Waals surface area contributed by atoms with Crippen molar-refractivity contribution in [3.05, 3.63) is 0 Å². The van der Waals surface area contributed by atoms with Gasteiger partial charge in [-0.1, -0.05) is 0 Å². The van der Waals surface area contributed by atoms with Crippen LogP contribution in [0.5, 0.6) is 0 Å². The molecule has 0 saturated carbocycles. The van der Waals surface area contributed by atoms with Crippen LogP contribution in [0.15, 0.2) is 0 Å². The molecule has 0 heterocycles. The number of hydrogen-bond donors (Lipinski definition) is 2. The van der Waals surface area contributed by atoms with Gasteiger partial charge in [-0.25, -0.2) is 4.21 Å². The maximum atomic E-state index is 10.1. The number of aliphatic hydroxyl groups is 2. The van der Waals surface area contributed by atoms with Gasteiger partial charge in [0.2, 0.25) is 0 Å². The number of nitrogens with zero attached hydrogens (tertiary/aromatic N) is 1. The Bertz CT molecular complexity index is 162. The van der Waals surface area contributed by atoms with Gasteiger partial charge in [0, 0.05) is 19.1 Å². The Labute approximate surface area is 86.0 Å². The van der Waals surface area contributed by atoms with Crippen molar-refractivity contribution in [2.45, 2.75) is 13.0 Å². The highest BCUT2D eigenvalue weighted by Gasteiger charge is 2.12. The third kappa shape index (κ3) is 6.41. The molecule has 0 saturated heterocycles. The Morgan fingerprint density at radius 1 is 1.43 bits per heavy atom. The third-order valence-electron chi connectivity index (χ3n) is 1.80. The van der Waals surface area contributed by atoms with Crippen LogP contribution in [0.2, 0.25) is 0 Å². The molecule has 0 bridgehead atoms. The first kappa shape index (κ1) is 13.9. The number of rotatable bonds is 8. The first-order valence-corrected chi connectivity index (χ1v) is 5.30. The lowest BCUT2D eigenvalue weighted by molar-refractivity contribution is 0.100. The molecule has 0 aliphatic heterocycles. The van der Waals surface area contributed by atoms with Crippen LogP contribution in [0.3, 0.4) is 0 Å². The summed E-state index contributed by atoms with van der Waals surface area (Å²) < 4.78 is 24.6. The third-order valence-corrected chi connectivity index (χ3v) is 2.13. The van der Waals surface area contributed by atoms with Crippen molar-refractivity contribution in [1.29, 1.82) is 0 Å². The lowest BCUT2D eigenvalue weighted by Gasteiger charge is -2.27. The largest absolute Gasteiger partial charge is 0.750 e. The first-order valence-electron chi connectivity index (χ1n) is 4.30. The van der Waals surface area contributed by atoms with Gasteiger partial charge in [-0.2, -0.15) is 0 Å². The zero-order chi connectivity index (χ0) is 11.0. The molecule has 0 spiro atoms. The average molecular weight is 226 g/mol. The SMILES string of the molecule is CC(COS(=O)[O-])N(CCO)CCO. The topological polar surface area (TPSA) is 93.1 Å². The highest BCUT2D eigenvalue weighted by Crippen LogP contribution is 1.99. The van der Waals surface area contributed by atoms with Gasteiger partial charge in [-0.3, -0.25) is 9.08 Å². The molecular weight excluding hydrogens is 210 g/mol. The van der Waals surface area contributed by atoms with Crippen LogP contribution in [0.1, 0.15) is 6.92 Å². The molecule has 86 valence electrons. The summed E-state index contributed by atoms with van der Waals surface area (Å²) in [5, 5.41) is 17.4. The van der Waals surface area contributed by atoms with Gasteiger partial charge in [0.05, 0.1) is 31.2 Å². The van der Waals surface area contributed by atoms with Gasteiger partial charge in [-0.15, -0.1) is 0 Å². The molecule has 2 atom stereocenters. The summed E-state index contributed by atoms with van der Waals surface area (Å²) in [5.41, 5.74) is 0. The van der Waals surface area contributed by atoms with Crippen molar-refractivity contribution in [3.8, 4) is 0 Å². The Morgan fingerprint density at radius 3 is 2.29 bits per heavy atom. The Balaban J connectivity index is 3.86. The molecule has 0 rings (SSSR count). The minimum absolute atomic E-state index is 0.0239. The summed E-state index contributed by atoms with van der Waals surface area (Å²) in [5.74, 6) is 0. The zero-order valence-electron chi connectivity index (χ0n) is 8.09.